The van der Waals surface area contributed by atoms with Crippen LogP contribution in [0.1, 0.15) is 15.9 Å². The highest BCUT2D eigenvalue weighted by Crippen LogP contribution is 2.34. The molecule has 0 radical (unpaired) electrons. The number of alkyl halides is 3. The molecule has 2 rings (SSSR count). The van der Waals surface area contributed by atoms with Crippen molar-refractivity contribution in [3.05, 3.63) is 41.7 Å². The smallest absolute Gasteiger partial charge is 0.417 e. The lowest BCUT2D eigenvalue weighted by atomic mass is 10.0. The average molecular weight is 270 g/mol. The van der Waals surface area contributed by atoms with Crippen molar-refractivity contribution in [1.82, 2.24) is 9.78 Å². The maximum Gasteiger partial charge on any atom is 0.417 e. The van der Waals surface area contributed by atoms with E-state index in [1.54, 1.807) is 13.2 Å². The van der Waals surface area contributed by atoms with E-state index in [4.69, 9.17) is 5.11 Å². The van der Waals surface area contributed by atoms with Crippen molar-refractivity contribution in [3.8, 4) is 11.1 Å². The van der Waals surface area contributed by atoms with Crippen LogP contribution in [0.15, 0.2) is 30.6 Å². The van der Waals surface area contributed by atoms with Gasteiger partial charge in [-0.05, 0) is 17.7 Å². The van der Waals surface area contributed by atoms with Gasteiger partial charge in [-0.25, -0.2) is 4.79 Å². The molecule has 0 spiro atoms. The summed E-state index contributed by atoms with van der Waals surface area (Å²) in [6.45, 7) is 0. The van der Waals surface area contributed by atoms with E-state index in [1.807, 2.05) is 0 Å². The van der Waals surface area contributed by atoms with E-state index in [1.165, 1.54) is 16.9 Å². The first kappa shape index (κ1) is 13.1. The molecule has 0 bridgehead atoms. The summed E-state index contributed by atoms with van der Waals surface area (Å²) in [5.41, 5.74) is -1.17. The largest absolute Gasteiger partial charge is 0.478 e. The monoisotopic (exact) mass is 270 g/mol. The van der Waals surface area contributed by atoms with E-state index >= 15 is 0 Å². The van der Waals surface area contributed by atoms with Crippen LogP contribution < -0.4 is 0 Å². The molecule has 0 saturated heterocycles. The van der Waals surface area contributed by atoms with Crippen molar-refractivity contribution in [2.24, 2.45) is 7.05 Å². The lowest BCUT2D eigenvalue weighted by Crippen LogP contribution is -2.12. The fourth-order valence-corrected chi connectivity index (χ4v) is 1.72. The van der Waals surface area contributed by atoms with Crippen molar-refractivity contribution >= 4 is 5.97 Å². The van der Waals surface area contributed by atoms with Gasteiger partial charge in [-0.15, -0.1) is 0 Å². The van der Waals surface area contributed by atoms with E-state index < -0.39 is 23.3 Å². The number of carboxylic acid groups (broad SMARTS) is 1. The minimum atomic E-state index is -4.72. The zero-order valence-corrected chi connectivity index (χ0v) is 9.77. The van der Waals surface area contributed by atoms with E-state index in [9.17, 15) is 18.0 Å². The van der Waals surface area contributed by atoms with Gasteiger partial charge in [0.2, 0.25) is 0 Å². The van der Waals surface area contributed by atoms with Crippen molar-refractivity contribution < 1.29 is 23.1 Å². The Bertz CT molecular complexity index is 632. The maximum absolute atomic E-state index is 12.8. The summed E-state index contributed by atoms with van der Waals surface area (Å²) in [5, 5.41) is 12.6. The fourth-order valence-electron chi connectivity index (χ4n) is 1.72. The van der Waals surface area contributed by atoms with Crippen LogP contribution in [0.5, 0.6) is 0 Å². The van der Waals surface area contributed by atoms with Gasteiger partial charge in [0.15, 0.2) is 0 Å². The quantitative estimate of drug-likeness (QED) is 0.912. The minimum Gasteiger partial charge on any atom is -0.478 e. The number of aromatic nitrogens is 2. The summed E-state index contributed by atoms with van der Waals surface area (Å²) in [4.78, 5) is 10.8. The third kappa shape index (κ3) is 2.59. The topological polar surface area (TPSA) is 55.1 Å². The van der Waals surface area contributed by atoms with Crippen LogP contribution in [-0.4, -0.2) is 20.9 Å². The predicted molar refractivity (Wildman–Crippen MR) is 60.6 cm³/mol. The number of hydrogen-bond acceptors (Lipinski definition) is 2. The van der Waals surface area contributed by atoms with Gasteiger partial charge in [0.05, 0.1) is 17.3 Å². The molecule has 19 heavy (non-hydrogen) atoms. The highest BCUT2D eigenvalue weighted by Gasteiger charge is 2.35. The molecule has 0 saturated carbocycles. The summed E-state index contributed by atoms with van der Waals surface area (Å²) in [7, 11) is 1.64. The molecule has 1 aromatic heterocycles. The molecule has 0 fully saturated rings. The van der Waals surface area contributed by atoms with Crippen LogP contribution in [0.25, 0.3) is 11.1 Å². The number of carbonyl (C=O) groups is 1. The maximum atomic E-state index is 12.8. The SMILES string of the molecule is Cn1cc(-c2ccc(C(=O)O)c(C(F)(F)F)c2)cn1. The van der Waals surface area contributed by atoms with Crippen molar-refractivity contribution in [2.45, 2.75) is 6.18 Å². The predicted octanol–water partition coefficient (Wildman–Crippen LogP) is 2.80. The number of nitrogens with zero attached hydrogens (tertiary/aromatic N) is 2. The number of benzene rings is 1. The van der Waals surface area contributed by atoms with E-state index in [0.717, 1.165) is 12.1 Å². The van der Waals surface area contributed by atoms with Crippen LogP contribution in [0.4, 0.5) is 13.2 Å². The second-order valence-corrected chi connectivity index (χ2v) is 3.97. The molecule has 4 nitrogen and oxygen atoms in total. The molecule has 0 atom stereocenters. The van der Waals surface area contributed by atoms with E-state index in [-0.39, 0.29) is 5.56 Å². The molecule has 0 aliphatic heterocycles. The van der Waals surface area contributed by atoms with Crippen LogP contribution in [0.2, 0.25) is 0 Å². The third-order valence-corrected chi connectivity index (χ3v) is 2.59. The molecule has 0 unspecified atom stereocenters. The zero-order valence-electron chi connectivity index (χ0n) is 9.77. The Labute approximate surface area is 106 Å². The number of hydrogen-bond donors (Lipinski definition) is 1. The average Bonchev–Trinajstić information content (AvgIpc) is 2.74. The van der Waals surface area contributed by atoms with Crippen LogP contribution in [-0.2, 0) is 13.2 Å². The molecule has 1 heterocycles. The van der Waals surface area contributed by atoms with Gasteiger partial charge in [0.1, 0.15) is 0 Å². The first-order valence-corrected chi connectivity index (χ1v) is 5.22. The van der Waals surface area contributed by atoms with Gasteiger partial charge in [-0.2, -0.15) is 18.3 Å². The van der Waals surface area contributed by atoms with Gasteiger partial charge in [0, 0.05) is 18.8 Å². The third-order valence-electron chi connectivity index (χ3n) is 2.59. The Morgan fingerprint density at radius 2 is 2.00 bits per heavy atom. The zero-order chi connectivity index (χ0) is 14.2. The van der Waals surface area contributed by atoms with Crippen LogP contribution in [0.3, 0.4) is 0 Å². The lowest BCUT2D eigenvalue weighted by molar-refractivity contribution is -0.138. The molecule has 0 aliphatic carbocycles. The summed E-state index contributed by atoms with van der Waals surface area (Å²) < 4.78 is 39.9. The minimum absolute atomic E-state index is 0.269. The molecular formula is C12H9F3N2O2. The second kappa shape index (κ2) is 4.42. The molecule has 100 valence electrons. The van der Waals surface area contributed by atoms with Gasteiger partial charge in [-0.1, -0.05) is 6.07 Å². The Morgan fingerprint density at radius 1 is 1.32 bits per heavy atom. The van der Waals surface area contributed by atoms with Gasteiger partial charge in [-0.3, -0.25) is 4.68 Å². The first-order valence-electron chi connectivity index (χ1n) is 5.22. The number of halogens is 3. The molecule has 0 amide bonds. The Morgan fingerprint density at radius 3 is 2.47 bits per heavy atom. The summed E-state index contributed by atoms with van der Waals surface area (Å²) in [5.74, 6) is -1.61. The number of aryl methyl sites for hydroxylation is 1. The first-order chi connectivity index (χ1) is 8.79. The summed E-state index contributed by atoms with van der Waals surface area (Å²) >= 11 is 0. The number of carboxylic acids is 1. The normalized spacial score (nSPS) is 11.6. The second-order valence-electron chi connectivity index (χ2n) is 3.97. The highest BCUT2D eigenvalue weighted by atomic mass is 19.4. The fraction of sp³-hybridized carbons (Fsp3) is 0.167. The van der Waals surface area contributed by atoms with Crippen LogP contribution in [0, 0.1) is 0 Å². The number of rotatable bonds is 2. The van der Waals surface area contributed by atoms with Crippen LogP contribution >= 0.6 is 0 Å². The van der Waals surface area contributed by atoms with E-state index in [2.05, 4.69) is 5.10 Å². The number of aromatic carboxylic acids is 1. The van der Waals surface area contributed by atoms with E-state index in [0.29, 0.717) is 5.56 Å². The highest BCUT2D eigenvalue weighted by molar-refractivity contribution is 5.90. The molecule has 1 N–H and O–H groups in total. The lowest BCUT2D eigenvalue weighted by Gasteiger charge is -2.11. The Kier molecular flexibility index (Phi) is 3.05. The Balaban J connectivity index is 2.59. The molecule has 7 heteroatoms. The molecule has 2 aromatic rings. The van der Waals surface area contributed by atoms with Gasteiger partial charge in [0.25, 0.3) is 0 Å². The summed E-state index contributed by atoms with van der Waals surface area (Å²) in [6.07, 6.45) is -1.75. The molecular weight excluding hydrogens is 261 g/mol. The van der Waals surface area contributed by atoms with Gasteiger partial charge >= 0.3 is 12.1 Å². The summed E-state index contributed by atoms with van der Waals surface area (Å²) in [6, 6.07) is 3.10. The molecule has 0 aliphatic rings. The van der Waals surface area contributed by atoms with Crippen molar-refractivity contribution in [2.75, 3.05) is 0 Å². The Hall–Kier alpha value is -2.31. The van der Waals surface area contributed by atoms with Crippen molar-refractivity contribution in [3.63, 3.8) is 0 Å². The standard InChI is InChI=1S/C12H9F3N2O2/c1-17-6-8(5-16-17)7-2-3-9(11(18)19)10(4-7)12(13,14)15/h2-6H,1H3,(H,18,19). The van der Waals surface area contributed by atoms with Gasteiger partial charge < -0.3 is 5.11 Å². The molecule has 1 aromatic carbocycles. The van der Waals surface area contributed by atoms with Crippen molar-refractivity contribution in [1.29, 1.82) is 0 Å².